The van der Waals surface area contributed by atoms with E-state index in [4.69, 9.17) is 4.74 Å². The number of fused-ring (bicyclic) bond motifs is 1. The maximum atomic E-state index is 12.9. The smallest absolute Gasteiger partial charge is 0.229 e. The van der Waals surface area contributed by atoms with Crippen molar-refractivity contribution < 1.29 is 9.53 Å². The van der Waals surface area contributed by atoms with Crippen molar-refractivity contribution in [2.24, 2.45) is 18.9 Å². The summed E-state index contributed by atoms with van der Waals surface area (Å²) in [6.07, 6.45) is 11.0. The van der Waals surface area contributed by atoms with Gasteiger partial charge in [0.15, 0.2) is 5.65 Å². The van der Waals surface area contributed by atoms with Gasteiger partial charge in [0.05, 0.1) is 23.5 Å². The van der Waals surface area contributed by atoms with E-state index in [0.29, 0.717) is 31.0 Å². The van der Waals surface area contributed by atoms with Crippen LogP contribution in [0.4, 0.5) is 11.6 Å². The molecule has 31 heavy (non-hydrogen) atoms. The molecule has 2 aliphatic rings. The fourth-order valence-corrected chi connectivity index (χ4v) is 4.54. The third kappa shape index (κ3) is 4.39. The lowest BCUT2D eigenvalue weighted by molar-refractivity contribution is -0.140. The topological polar surface area (TPSA) is 103 Å². The number of hydrogen-bond donors (Lipinski definition) is 1. The summed E-state index contributed by atoms with van der Waals surface area (Å²) in [5, 5.41) is 12.8. The van der Waals surface area contributed by atoms with Crippen LogP contribution in [-0.4, -0.2) is 66.6 Å². The van der Waals surface area contributed by atoms with E-state index in [9.17, 15) is 4.79 Å². The molecule has 0 bridgehead atoms. The number of likely N-dealkylation sites (tertiary alicyclic amines) is 1. The molecule has 3 aromatic rings. The molecule has 0 aromatic carbocycles. The maximum Gasteiger partial charge on any atom is 0.229 e. The van der Waals surface area contributed by atoms with Crippen LogP contribution in [0.25, 0.3) is 11.0 Å². The number of carbonyl (C=O) groups is 1. The van der Waals surface area contributed by atoms with Crippen LogP contribution in [0.3, 0.4) is 0 Å². The summed E-state index contributed by atoms with van der Waals surface area (Å²) in [7, 11) is 1.87. The number of nitrogens with zero attached hydrogens (tertiary/aromatic N) is 7. The van der Waals surface area contributed by atoms with E-state index in [0.717, 1.165) is 62.0 Å². The average Bonchev–Trinajstić information content (AvgIpc) is 3.39. The van der Waals surface area contributed by atoms with E-state index in [1.807, 2.05) is 17.9 Å². The molecule has 0 aliphatic carbocycles. The summed E-state index contributed by atoms with van der Waals surface area (Å²) in [4.78, 5) is 24.1. The summed E-state index contributed by atoms with van der Waals surface area (Å²) < 4.78 is 9.08. The Bertz CT molecular complexity index is 1050. The van der Waals surface area contributed by atoms with Crippen LogP contribution >= 0.6 is 0 Å². The normalized spacial score (nSPS) is 20.3. The van der Waals surface area contributed by atoms with Crippen molar-refractivity contribution >= 4 is 28.6 Å². The van der Waals surface area contributed by atoms with Crippen molar-refractivity contribution in [1.29, 1.82) is 0 Å². The Kier molecular flexibility index (Phi) is 5.54. The van der Waals surface area contributed by atoms with Crippen LogP contribution in [0.15, 0.2) is 24.8 Å². The summed E-state index contributed by atoms with van der Waals surface area (Å²) >= 11 is 0. The minimum Gasteiger partial charge on any atom is -0.381 e. The number of aryl methyl sites for hydroxylation is 1. The van der Waals surface area contributed by atoms with Gasteiger partial charge in [-0.25, -0.2) is 9.67 Å². The van der Waals surface area contributed by atoms with E-state index in [-0.39, 0.29) is 5.92 Å². The molecule has 1 N–H and O–H groups in total. The summed E-state index contributed by atoms with van der Waals surface area (Å²) in [6, 6.07) is 0. The lowest BCUT2D eigenvalue weighted by atomic mass is 9.94. The van der Waals surface area contributed by atoms with Crippen LogP contribution < -0.4 is 5.32 Å². The van der Waals surface area contributed by atoms with Crippen molar-refractivity contribution in [1.82, 2.24) is 34.4 Å². The van der Waals surface area contributed by atoms with E-state index in [1.165, 1.54) is 0 Å². The van der Waals surface area contributed by atoms with E-state index in [2.05, 4.69) is 30.4 Å². The Morgan fingerprint density at radius 2 is 2.06 bits per heavy atom. The Labute approximate surface area is 180 Å². The lowest BCUT2D eigenvalue weighted by Gasteiger charge is -2.35. The van der Waals surface area contributed by atoms with Gasteiger partial charge in [0, 0.05) is 58.2 Å². The van der Waals surface area contributed by atoms with Gasteiger partial charge >= 0.3 is 0 Å². The lowest BCUT2D eigenvalue weighted by Crippen LogP contribution is -2.45. The molecule has 1 amide bonds. The number of amides is 1. The Hall–Kier alpha value is -3.01. The first kappa shape index (κ1) is 19.9. The van der Waals surface area contributed by atoms with E-state index in [1.54, 1.807) is 23.3 Å². The molecule has 0 radical (unpaired) electrons. The van der Waals surface area contributed by atoms with Crippen LogP contribution in [0, 0.1) is 11.8 Å². The molecule has 164 valence electrons. The molecule has 1 unspecified atom stereocenters. The molecule has 10 nitrogen and oxygen atoms in total. The van der Waals surface area contributed by atoms with Gasteiger partial charge in [-0.15, -0.1) is 0 Å². The molecule has 2 fully saturated rings. The predicted octanol–water partition coefficient (Wildman–Crippen LogP) is 1.97. The van der Waals surface area contributed by atoms with Crippen molar-refractivity contribution in [3.8, 4) is 0 Å². The van der Waals surface area contributed by atoms with Gasteiger partial charge in [0.25, 0.3) is 0 Å². The first-order chi connectivity index (χ1) is 15.2. The summed E-state index contributed by atoms with van der Waals surface area (Å²) in [5.41, 5.74) is 1.64. The average molecular weight is 425 g/mol. The van der Waals surface area contributed by atoms with Gasteiger partial charge in [-0.2, -0.15) is 15.2 Å². The second-order valence-corrected chi connectivity index (χ2v) is 8.51. The molecule has 5 rings (SSSR count). The minimum absolute atomic E-state index is 0.117. The standard InChI is InChI=1S/C21H28N8O2/c1-27-14-18(11-23-27)25-21-22-9-17-10-24-29(19(17)26-21)13-15-3-2-6-28(12-15)20(30)16-4-7-31-8-5-16/h9-11,14-16H,2-8,12-13H2,1H3,(H,22,25,26). The number of aromatic nitrogens is 6. The second-order valence-electron chi connectivity index (χ2n) is 8.51. The second kappa shape index (κ2) is 8.62. The molecule has 5 heterocycles. The quantitative estimate of drug-likeness (QED) is 0.668. The van der Waals surface area contributed by atoms with Crippen molar-refractivity contribution in [2.75, 3.05) is 31.6 Å². The molecule has 1 atom stereocenters. The highest BCUT2D eigenvalue weighted by Crippen LogP contribution is 2.25. The van der Waals surface area contributed by atoms with Gasteiger partial charge in [0.1, 0.15) is 0 Å². The fraction of sp³-hybridized carbons (Fsp3) is 0.571. The highest BCUT2D eigenvalue weighted by Gasteiger charge is 2.30. The highest BCUT2D eigenvalue weighted by atomic mass is 16.5. The maximum absolute atomic E-state index is 12.9. The molecule has 2 saturated heterocycles. The van der Waals surface area contributed by atoms with E-state index < -0.39 is 0 Å². The number of anilines is 2. The van der Waals surface area contributed by atoms with E-state index >= 15 is 0 Å². The van der Waals surface area contributed by atoms with Gasteiger partial charge in [-0.3, -0.25) is 9.48 Å². The number of hydrogen-bond acceptors (Lipinski definition) is 7. The monoisotopic (exact) mass is 424 g/mol. The predicted molar refractivity (Wildman–Crippen MR) is 115 cm³/mol. The Balaban J connectivity index is 1.28. The summed E-state index contributed by atoms with van der Waals surface area (Å²) in [5.74, 6) is 1.29. The zero-order chi connectivity index (χ0) is 21.2. The number of carbonyl (C=O) groups excluding carboxylic acids is 1. The van der Waals surface area contributed by atoms with Crippen LogP contribution in [0.5, 0.6) is 0 Å². The largest absolute Gasteiger partial charge is 0.381 e. The first-order valence-electron chi connectivity index (χ1n) is 11.0. The summed E-state index contributed by atoms with van der Waals surface area (Å²) in [6.45, 7) is 3.77. The zero-order valence-electron chi connectivity index (χ0n) is 17.8. The molecule has 0 spiro atoms. The van der Waals surface area contributed by atoms with Crippen molar-refractivity contribution in [2.45, 2.75) is 32.2 Å². The minimum atomic E-state index is 0.117. The molecule has 0 saturated carbocycles. The number of ether oxygens (including phenoxy) is 1. The zero-order valence-corrected chi connectivity index (χ0v) is 17.8. The van der Waals surface area contributed by atoms with Crippen LogP contribution in [0.2, 0.25) is 0 Å². The molecular weight excluding hydrogens is 396 g/mol. The first-order valence-corrected chi connectivity index (χ1v) is 11.0. The van der Waals surface area contributed by atoms with Gasteiger partial charge in [-0.05, 0) is 31.6 Å². The number of rotatable bonds is 5. The van der Waals surface area contributed by atoms with Crippen molar-refractivity contribution in [3.63, 3.8) is 0 Å². The SMILES string of the molecule is Cn1cc(Nc2ncc3cnn(CC4CCCN(C(=O)C5CCOCC5)C4)c3n2)cn1. The molecule has 3 aromatic heterocycles. The number of nitrogens with one attached hydrogen (secondary N) is 1. The van der Waals surface area contributed by atoms with Gasteiger partial charge in [0.2, 0.25) is 11.9 Å². The fourth-order valence-electron chi connectivity index (χ4n) is 4.54. The third-order valence-corrected chi connectivity index (χ3v) is 6.17. The molecular formula is C21H28N8O2. The van der Waals surface area contributed by atoms with Crippen LogP contribution in [-0.2, 0) is 23.1 Å². The number of piperidine rings is 1. The van der Waals surface area contributed by atoms with Gasteiger partial charge in [-0.1, -0.05) is 0 Å². The molecule has 10 heteroatoms. The Morgan fingerprint density at radius 1 is 1.19 bits per heavy atom. The molecule has 2 aliphatic heterocycles. The third-order valence-electron chi connectivity index (χ3n) is 6.17. The Morgan fingerprint density at radius 3 is 2.87 bits per heavy atom. The van der Waals surface area contributed by atoms with Crippen molar-refractivity contribution in [3.05, 3.63) is 24.8 Å². The van der Waals surface area contributed by atoms with Crippen LogP contribution in [0.1, 0.15) is 25.7 Å². The van der Waals surface area contributed by atoms with Gasteiger partial charge < -0.3 is 15.0 Å². The highest BCUT2D eigenvalue weighted by molar-refractivity contribution is 5.79.